The summed E-state index contributed by atoms with van der Waals surface area (Å²) in [4.78, 5) is 25.9. The van der Waals surface area contributed by atoms with Gasteiger partial charge in [0.25, 0.3) is 5.91 Å². The van der Waals surface area contributed by atoms with Crippen LogP contribution in [0, 0.1) is 0 Å². The normalized spacial score (nSPS) is 10.6. The zero-order valence-corrected chi connectivity index (χ0v) is 12.5. The summed E-state index contributed by atoms with van der Waals surface area (Å²) in [6.45, 7) is 7.63. The Balaban J connectivity index is 2.87. The van der Waals surface area contributed by atoms with Crippen molar-refractivity contribution in [3.05, 3.63) is 10.6 Å². The Labute approximate surface area is 116 Å². The number of esters is 1. The summed E-state index contributed by atoms with van der Waals surface area (Å²) in [5.74, 6) is -0.616. The summed E-state index contributed by atoms with van der Waals surface area (Å²) < 4.78 is 8.69. The van der Waals surface area contributed by atoms with E-state index in [4.69, 9.17) is 4.74 Å². The van der Waals surface area contributed by atoms with Crippen LogP contribution in [0.1, 0.15) is 43.1 Å². The Morgan fingerprint density at radius 1 is 1.37 bits per heavy atom. The molecule has 1 aromatic heterocycles. The second kappa shape index (κ2) is 7.18. The molecule has 6 nitrogen and oxygen atoms in total. The van der Waals surface area contributed by atoms with Crippen molar-refractivity contribution in [2.24, 2.45) is 0 Å². The molecule has 1 amide bonds. The van der Waals surface area contributed by atoms with Gasteiger partial charge in [-0.3, -0.25) is 9.59 Å². The van der Waals surface area contributed by atoms with Crippen LogP contribution in [-0.4, -0.2) is 45.6 Å². The van der Waals surface area contributed by atoms with Crippen LogP contribution in [0.25, 0.3) is 0 Å². The van der Waals surface area contributed by atoms with Crippen molar-refractivity contribution in [2.75, 3.05) is 13.2 Å². The van der Waals surface area contributed by atoms with Crippen molar-refractivity contribution in [2.45, 2.75) is 40.2 Å². The first-order chi connectivity index (χ1) is 9.01. The predicted octanol–water partition coefficient (Wildman–Crippen LogP) is 1.51. The van der Waals surface area contributed by atoms with E-state index in [-0.39, 0.29) is 18.5 Å². The van der Waals surface area contributed by atoms with Crippen LogP contribution in [0.3, 0.4) is 0 Å². The van der Waals surface area contributed by atoms with Crippen molar-refractivity contribution in [3.63, 3.8) is 0 Å². The van der Waals surface area contributed by atoms with Gasteiger partial charge in [-0.2, -0.15) is 0 Å². The van der Waals surface area contributed by atoms with Gasteiger partial charge in [0.1, 0.15) is 11.4 Å². The van der Waals surface area contributed by atoms with Gasteiger partial charge in [-0.05, 0) is 38.7 Å². The topological polar surface area (TPSA) is 72.4 Å². The summed E-state index contributed by atoms with van der Waals surface area (Å²) >= 11 is 1.06. The minimum absolute atomic E-state index is 0.0502. The van der Waals surface area contributed by atoms with Gasteiger partial charge in [-0.25, -0.2) is 0 Å². The van der Waals surface area contributed by atoms with Gasteiger partial charge in [-0.1, -0.05) is 11.4 Å². The number of amides is 1. The van der Waals surface area contributed by atoms with Crippen LogP contribution >= 0.6 is 11.5 Å². The first-order valence-corrected chi connectivity index (χ1v) is 7.06. The number of carbonyl (C=O) groups is 2. The number of aromatic nitrogens is 2. The SMILES string of the molecule is CCOC(=O)CN(C(=O)c1snnc1CC)C(C)C. The van der Waals surface area contributed by atoms with Gasteiger partial charge in [0.2, 0.25) is 0 Å². The molecule has 1 aromatic rings. The number of carbonyl (C=O) groups excluding carboxylic acids is 2. The minimum atomic E-state index is -0.403. The van der Waals surface area contributed by atoms with Crippen LogP contribution in [0.4, 0.5) is 0 Å². The van der Waals surface area contributed by atoms with Crippen LogP contribution in [-0.2, 0) is 16.0 Å². The lowest BCUT2D eigenvalue weighted by Crippen LogP contribution is -2.41. The highest BCUT2D eigenvalue weighted by molar-refractivity contribution is 7.08. The molecule has 1 rings (SSSR count). The molecule has 0 atom stereocenters. The third kappa shape index (κ3) is 3.99. The van der Waals surface area contributed by atoms with Crippen LogP contribution in [0.15, 0.2) is 0 Å². The molecule has 1 heterocycles. The number of rotatable bonds is 6. The molecule has 19 heavy (non-hydrogen) atoms. The average molecular weight is 285 g/mol. The molecule has 0 aliphatic heterocycles. The molecule has 0 radical (unpaired) electrons. The number of nitrogens with zero attached hydrogens (tertiary/aromatic N) is 3. The van der Waals surface area contributed by atoms with Crippen molar-refractivity contribution >= 4 is 23.4 Å². The Kier molecular flexibility index (Phi) is 5.88. The maximum Gasteiger partial charge on any atom is 0.325 e. The fourth-order valence-electron chi connectivity index (χ4n) is 1.57. The third-order valence-corrected chi connectivity index (χ3v) is 3.33. The van der Waals surface area contributed by atoms with Gasteiger partial charge in [0, 0.05) is 6.04 Å². The second-order valence-corrected chi connectivity index (χ2v) is 4.99. The molecule has 0 unspecified atom stereocenters. The van der Waals surface area contributed by atoms with Gasteiger partial charge in [0.15, 0.2) is 0 Å². The van der Waals surface area contributed by atoms with E-state index in [0.717, 1.165) is 11.5 Å². The second-order valence-electron chi connectivity index (χ2n) is 4.23. The lowest BCUT2D eigenvalue weighted by molar-refractivity contribution is -0.144. The average Bonchev–Trinajstić information content (AvgIpc) is 2.83. The molecule has 0 saturated carbocycles. The molecule has 0 aliphatic rings. The molecule has 106 valence electrons. The fourth-order valence-corrected chi connectivity index (χ4v) is 2.27. The van der Waals surface area contributed by atoms with Crippen molar-refractivity contribution in [1.82, 2.24) is 14.5 Å². The zero-order valence-electron chi connectivity index (χ0n) is 11.7. The van der Waals surface area contributed by atoms with Gasteiger partial charge >= 0.3 is 5.97 Å². The molecule has 0 fully saturated rings. The summed E-state index contributed by atoms with van der Waals surface area (Å²) in [6, 6.07) is -0.0938. The molecule has 0 aromatic carbocycles. The van der Waals surface area contributed by atoms with Crippen molar-refractivity contribution in [1.29, 1.82) is 0 Å². The van der Waals surface area contributed by atoms with E-state index in [1.807, 2.05) is 20.8 Å². The zero-order chi connectivity index (χ0) is 14.4. The predicted molar refractivity (Wildman–Crippen MR) is 72.1 cm³/mol. The molecular formula is C12H19N3O3S. The molecule has 0 aliphatic carbocycles. The Hall–Kier alpha value is -1.50. The Morgan fingerprint density at radius 3 is 2.58 bits per heavy atom. The Morgan fingerprint density at radius 2 is 2.05 bits per heavy atom. The van der Waals surface area contributed by atoms with E-state index in [1.165, 1.54) is 4.90 Å². The third-order valence-electron chi connectivity index (χ3n) is 2.57. The van der Waals surface area contributed by atoms with E-state index >= 15 is 0 Å². The fraction of sp³-hybridized carbons (Fsp3) is 0.667. The molecule has 7 heteroatoms. The highest BCUT2D eigenvalue weighted by Crippen LogP contribution is 2.16. The minimum Gasteiger partial charge on any atom is -0.465 e. The van der Waals surface area contributed by atoms with Gasteiger partial charge < -0.3 is 9.64 Å². The molecule has 0 saturated heterocycles. The molecular weight excluding hydrogens is 266 g/mol. The van der Waals surface area contributed by atoms with Crippen molar-refractivity contribution < 1.29 is 14.3 Å². The summed E-state index contributed by atoms with van der Waals surface area (Å²) in [5, 5.41) is 3.92. The summed E-state index contributed by atoms with van der Waals surface area (Å²) in [7, 11) is 0. The van der Waals surface area contributed by atoms with Crippen LogP contribution < -0.4 is 0 Å². The maximum absolute atomic E-state index is 12.4. The van der Waals surface area contributed by atoms with Crippen molar-refractivity contribution in [3.8, 4) is 0 Å². The smallest absolute Gasteiger partial charge is 0.325 e. The van der Waals surface area contributed by atoms with E-state index < -0.39 is 5.97 Å². The number of ether oxygens (including phenoxy) is 1. The number of hydrogen-bond acceptors (Lipinski definition) is 6. The van der Waals surface area contributed by atoms with Gasteiger partial charge in [0.05, 0.1) is 12.3 Å². The molecule has 0 spiro atoms. The monoisotopic (exact) mass is 285 g/mol. The lowest BCUT2D eigenvalue weighted by Gasteiger charge is -2.25. The standard InChI is InChI=1S/C12H19N3O3S/c1-5-9-11(19-14-13-9)12(17)15(8(3)4)7-10(16)18-6-2/h8H,5-7H2,1-4H3. The summed E-state index contributed by atoms with van der Waals surface area (Å²) in [5.41, 5.74) is 0.671. The quantitative estimate of drug-likeness (QED) is 0.741. The van der Waals surface area contributed by atoms with E-state index in [0.29, 0.717) is 23.6 Å². The number of hydrogen-bond donors (Lipinski definition) is 0. The highest BCUT2D eigenvalue weighted by atomic mass is 32.1. The first-order valence-electron chi connectivity index (χ1n) is 6.29. The lowest BCUT2D eigenvalue weighted by atomic mass is 10.2. The molecule has 0 bridgehead atoms. The van der Waals surface area contributed by atoms with Crippen LogP contribution in [0.2, 0.25) is 0 Å². The van der Waals surface area contributed by atoms with E-state index in [9.17, 15) is 9.59 Å². The largest absolute Gasteiger partial charge is 0.465 e. The van der Waals surface area contributed by atoms with E-state index in [2.05, 4.69) is 9.59 Å². The summed E-state index contributed by atoms with van der Waals surface area (Å²) in [6.07, 6.45) is 0.642. The number of aryl methyl sites for hydroxylation is 1. The first kappa shape index (κ1) is 15.6. The Bertz CT molecular complexity index is 445. The maximum atomic E-state index is 12.4. The highest BCUT2D eigenvalue weighted by Gasteiger charge is 2.26. The van der Waals surface area contributed by atoms with Gasteiger partial charge in [-0.15, -0.1) is 5.10 Å². The molecule has 0 N–H and O–H groups in total. The van der Waals surface area contributed by atoms with Crippen LogP contribution in [0.5, 0.6) is 0 Å². The van der Waals surface area contributed by atoms with E-state index in [1.54, 1.807) is 6.92 Å².